The van der Waals surface area contributed by atoms with Crippen LogP contribution in [0.5, 0.6) is 5.75 Å². The van der Waals surface area contributed by atoms with E-state index in [2.05, 4.69) is 10.1 Å². The summed E-state index contributed by atoms with van der Waals surface area (Å²) in [5.74, 6) is -2.37. The lowest BCUT2D eigenvalue weighted by molar-refractivity contribution is -0.275. The van der Waals surface area contributed by atoms with E-state index >= 15 is 0 Å². The first-order valence-corrected chi connectivity index (χ1v) is 4.56. The average Bonchev–Trinajstić information content (AvgIpc) is 2.17. The molecule has 0 atom stereocenters. The SMILES string of the molecule is CC(=O)NCc1ccc(F)c(OC(F)(F)F)c1. The number of carbonyl (C=O) groups is 1. The standard InChI is InChI=1S/C10H9F4NO2/c1-6(16)15-5-7-2-3-8(11)9(4-7)17-10(12,13)14/h2-4H,5H2,1H3,(H,15,16). The Balaban J connectivity index is 2.83. The predicted octanol–water partition coefficient (Wildman–Crippen LogP) is 2.36. The van der Waals surface area contributed by atoms with Gasteiger partial charge >= 0.3 is 6.36 Å². The van der Waals surface area contributed by atoms with Gasteiger partial charge in [0.1, 0.15) is 0 Å². The highest BCUT2D eigenvalue weighted by molar-refractivity contribution is 5.72. The summed E-state index contributed by atoms with van der Waals surface area (Å²) in [4.78, 5) is 10.6. The Morgan fingerprint density at radius 2 is 2.06 bits per heavy atom. The summed E-state index contributed by atoms with van der Waals surface area (Å²) in [6.45, 7) is 1.26. The second-order valence-corrected chi connectivity index (χ2v) is 3.22. The van der Waals surface area contributed by atoms with Gasteiger partial charge in [-0.2, -0.15) is 0 Å². The molecule has 0 aliphatic carbocycles. The lowest BCUT2D eigenvalue weighted by Gasteiger charge is -2.11. The maximum Gasteiger partial charge on any atom is 0.573 e. The summed E-state index contributed by atoms with van der Waals surface area (Å²) in [6, 6.07) is 2.99. The van der Waals surface area contributed by atoms with Crippen molar-refractivity contribution in [1.82, 2.24) is 5.32 Å². The van der Waals surface area contributed by atoms with Crippen molar-refractivity contribution < 1.29 is 27.1 Å². The molecule has 3 nitrogen and oxygen atoms in total. The minimum atomic E-state index is -4.95. The average molecular weight is 251 g/mol. The molecule has 1 aromatic carbocycles. The summed E-state index contributed by atoms with van der Waals surface area (Å²) in [7, 11) is 0. The van der Waals surface area contributed by atoms with E-state index in [0.29, 0.717) is 5.56 Å². The topological polar surface area (TPSA) is 38.3 Å². The third-order valence-electron chi connectivity index (χ3n) is 1.76. The Bertz CT molecular complexity index is 417. The van der Waals surface area contributed by atoms with Crippen molar-refractivity contribution in [2.24, 2.45) is 0 Å². The van der Waals surface area contributed by atoms with E-state index in [-0.39, 0.29) is 12.5 Å². The Kier molecular flexibility index (Phi) is 3.93. The van der Waals surface area contributed by atoms with Gasteiger partial charge in [0.05, 0.1) is 0 Å². The molecule has 0 heterocycles. The second-order valence-electron chi connectivity index (χ2n) is 3.22. The van der Waals surface area contributed by atoms with E-state index in [1.165, 1.54) is 13.0 Å². The van der Waals surface area contributed by atoms with E-state index in [1.807, 2.05) is 0 Å². The van der Waals surface area contributed by atoms with Crippen LogP contribution in [0.3, 0.4) is 0 Å². The highest BCUT2D eigenvalue weighted by atomic mass is 19.4. The molecule has 0 spiro atoms. The molecule has 0 unspecified atom stereocenters. The summed E-state index contributed by atoms with van der Waals surface area (Å²) in [6.07, 6.45) is -4.95. The van der Waals surface area contributed by atoms with Gasteiger partial charge in [-0.1, -0.05) is 6.07 Å². The Labute approximate surface area is 94.4 Å². The molecule has 7 heteroatoms. The third-order valence-corrected chi connectivity index (χ3v) is 1.76. The lowest BCUT2D eigenvalue weighted by Crippen LogP contribution is -2.20. The first-order valence-electron chi connectivity index (χ1n) is 4.56. The van der Waals surface area contributed by atoms with E-state index in [1.54, 1.807) is 0 Å². The second kappa shape index (κ2) is 5.03. The normalized spacial score (nSPS) is 11.1. The Morgan fingerprint density at radius 1 is 1.41 bits per heavy atom. The van der Waals surface area contributed by atoms with Gasteiger partial charge in [0, 0.05) is 13.5 Å². The molecule has 0 bridgehead atoms. The van der Waals surface area contributed by atoms with Gasteiger partial charge in [-0.15, -0.1) is 13.2 Å². The van der Waals surface area contributed by atoms with Gasteiger partial charge in [0.25, 0.3) is 0 Å². The molecule has 1 N–H and O–H groups in total. The molecular formula is C10H9F4NO2. The van der Waals surface area contributed by atoms with Gasteiger partial charge in [0.2, 0.25) is 5.91 Å². The fourth-order valence-electron chi connectivity index (χ4n) is 1.09. The first kappa shape index (κ1) is 13.3. The largest absolute Gasteiger partial charge is 0.573 e. The van der Waals surface area contributed by atoms with Crippen LogP contribution in [0, 0.1) is 5.82 Å². The van der Waals surface area contributed by atoms with Crippen molar-refractivity contribution in [3.8, 4) is 5.75 Å². The number of nitrogens with one attached hydrogen (secondary N) is 1. The molecule has 0 fully saturated rings. The quantitative estimate of drug-likeness (QED) is 0.837. The van der Waals surface area contributed by atoms with Crippen LogP contribution in [0.1, 0.15) is 12.5 Å². The number of benzene rings is 1. The predicted molar refractivity (Wildman–Crippen MR) is 50.6 cm³/mol. The molecule has 0 radical (unpaired) electrons. The molecule has 0 aliphatic rings. The van der Waals surface area contributed by atoms with Gasteiger partial charge in [0.15, 0.2) is 11.6 Å². The van der Waals surface area contributed by atoms with E-state index in [9.17, 15) is 22.4 Å². The minimum absolute atomic E-state index is 0.00380. The maximum atomic E-state index is 13.0. The monoisotopic (exact) mass is 251 g/mol. The number of carbonyl (C=O) groups excluding carboxylic acids is 1. The number of rotatable bonds is 3. The van der Waals surface area contributed by atoms with Crippen molar-refractivity contribution >= 4 is 5.91 Å². The van der Waals surface area contributed by atoms with Gasteiger partial charge in [-0.25, -0.2) is 4.39 Å². The van der Waals surface area contributed by atoms with Crippen molar-refractivity contribution in [3.63, 3.8) is 0 Å². The van der Waals surface area contributed by atoms with Gasteiger partial charge in [-0.05, 0) is 17.7 Å². The molecule has 1 aromatic rings. The summed E-state index contributed by atoms with van der Waals surface area (Å²) < 4.78 is 52.2. The Hall–Kier alpha value is -1.79. The molecular weight excluding hydrogens is 242 g/mol. The van der Waals surface area contributed by atoms with Crippen molar-refractivity contribution in [3.05, 3.63) is 29.6 Å². The van der Waals surface area contributed by atoms with Gasteiger partial charge in [-0.3, -0.25) is 4.79 Å². The van der Waals surface area contributed by atoms with Crippen LogP contribution in [0.4, 0.5) is 17.6 Å². The van der Waals surface area contributed by atoms with Crippen molar-refractivity contribution in [2.75, 3.05) is 0 Å². The lowest BCUT2D eigenvalue weighted by atomic mass is 10.2. The van der Waals surface area contributed by atoms with Crippen LogP contribution in [0.15, 0.2) is 18.2 Å². The smallest absolute Gasteiger partial charge is 0.403 e. The first-order chi connectivity index (χ1) is 7.78. The fraction of sp³-hybridized carbons (Fsp3) is 0.300. The molecule has 0 aliphatic heterocycles. The van der Waals surface area contributed by atoms with Crippen molar-refractivity contribution in [2.45, 2.75) is 19.8 Å². The molecule has 0 saturated heterocycles. The van der Waals surface area contributed by atoms with Crippen molar-refractivity contribution in [1.29, 1.82) is 0 Å². The third kappa shape index (κ3) is 4.71. The summed E-state index contributed by atoms with van der Waals surface area (Å²) in [5.41, 5.74) is 0.306. The van der Waals surface area contributed by atoms with Crippen LogP contribution in [-0.4, -0.2) is 12.3 Å². The highest BCUT2D eigenvalue weighted by Crippen LogP contribution is 2.26. The molecule has 1 amide bonds. The molecule has 17 heavy (non-hydrogen) atoms. The minimum Gasteiger partial charge on any atom is -0.403 e. The van der Waals surface area contributed by atoms with Crippen LogP contribution in [-0.2, 0) is 11.3 Å². The van der Waals surface area contributed by atoms with Crippen LogP contribution in [0.2, 0.25) is 0 Å². The number of hydrogen-bond acceptors (Lipinski definition) is 2. The van der Waals surface area contributed by atoms with Crippen LogP contribution >= 0.6 is 0 Å². The zero-order valence-electron chi connectivity index (χ0n) is 8.77. The molecule has 0 aromatic heterocycles. The number of halogens is 4. The summed E-state index contributed by atoms with van der Waals surface area (Å²) >= 11 is 0. The van der Waals surface area contributed by atoms with Gasteiger partial charge < -0.3 is 10.1 Å². The summed E-state index contributed by atoms with van der Waals surface area (Å²) in [5, 5.41) is 2.37. The zero-order chi connectivity index (χ0) is 13.1. The van der Waals surface area contributed by atoms with E-state index in [4.69, 9.17) is 0 Å². The van der Waals surface area contributed by atoms with Crippen LogP contribution < -0.4 is 10.1 Å². The molecule has 1 rings (SSSR count). The zero-order valence-corrected chi connectivity index (χ0v) is 8.77. The fourth-order valence-corrected chi connectivity index (χ4v) is 1.09. The number of ether oxygens (including phenoxy) is 1. The molecule has 0 saturated carbocycles. The number of amides is 1. The number of hydrogen-bond donors (Lipinski definition) is 1. The Morgan fingerprint density at radius 3 is 2.59 bits per heavy atom. The van der Waals surface area contributed by atoms with E-state index < -0.39 is 17.9 Å². The van der Waals surface area contributed by atoms with E-state index in [0.717, 1.165) is 12.1 Å². The maximum absolute atomic E-state index is 13.0. The number of alkyl halides is 3. The highest BCUT2D eigenvalue weighted by Gasteiger charge is 2.32. The molecule has 94 valence electrons. The van der Waals surface area contributed by atoms with Crippen LogP contribution in [0.25, 0.3) is 0 Å².